The van der Waals surface area contributed by atoms with Gasteiger partial charge >= 0.3 is 0 Å². The maximum atomic E-state index is 11.7. The number of hydrogen-bond donors (Lipinski definition) is 1. The third-order valence-electron chi connectivity index (χ3n) is 2.30. The van der Waals surface area contributed by atoms with Crippen molar-refractivity contribution < 1.29 is 9.59 Å². The van der Waals surface area contributed by atoms with E-state index in [1.807, 2.05) is 19.1 Å². The van der Waals surface area contributed by atoms with Crippen molar-refractivity contribution in [1.29, 1.82) is 0 Å². The largest absolute Gasteiger partial charge is 0.319 e. The Hall–Kier alpha value is -1.94. The Labute approximate surface area is 103 Å². The Balaban J connectivity index is 2.07. The van der Waals surface area contributed by atoms with Gasteiger partial charge in [-0.1, -0.05) is 17.7 Å². The van der Waals surface area contributed by atoms with Gasteiger partial charge in [0.2, 0.25) is 0 Å². The average Bonchev–Trinajstić information content (AvgIpc) is 2.84. The zero-order chi connectivity index (χ0) is 12.3. The molecule has 0 unspecified atom stereocenters. The van der Waals surface area contributed by atoms with Crippen LogP contribution in [0.3, 0.4) is 0 Å². The summed E-state index contributed by atoms with van der Waals surface area (Å²) in [5.41, 5.74) is 2.16. The first-order valence-electron chi connectivity index (χ1n) is 5.11. The Bertz CT molecular complexity index is 529. The number of Topliss-reactive ketones (excluding diaryl/α,β-unsaturated/α-hetero) is 1. The van der Waals surface area contributed by atoms with Gasteiger partial charge < -0.3 is 5.32 Å². The third-order valence-corrected chi connectivity index (χ3v) is 2.98. The summed E-state index contributed by atoms with van der Waals surface area (Å²) in [5.74, 6) is -1.11. The highest BCUT2D eigenvalue weighted by molar-refractivity contribution is 7.08. The molecule has 4 heteroatoms. The molecule has 1 heterocycles. The smallest absolute Gasteiger partial charge is 0.296 e. The molecule has 0 aliphatic carbocycles. The van der Waals surface area contributed by atoms with Crippen LogP contribution in [0, 0.1) is 6.92 Å². The van der Waals surface area contributed by atoms with Crippen LogP contribution in [0.2, 0.25) is 0 Å². The first kappa shape index (κ1) is 11.5. The van der Waals surface area contributed by atoms with Crippen LogP contribution in [0.25, 0.3) is 0 Å². The van der Waals surface area contributed by atoms with E-state index in [9.17, 15) is 9.59 Å². The van der Waals surface area contributed by atoms with Crippen LogP contribution >= 0.6 is 11.3 Å². The highest BCUT2D eigenvalue weighted by atomic mass is 32.1. The Kier molecular flexibility index (Phi) is 3.35. The minimum absolute atomic E-state index is 0.430. The minimum Gasteiger partial charge on any atom is -0.319 e. The predicted octanol–water partition coefficient (Wildman–Crippen LogP) is 2.88. The molecule has 0 saturated heterocycles. The van der Waals surface area contributed by atoms with Crippen molar-refractivity contribution in [3.8, 4) is 0 Å². The molecule has 2 aromatic rings. The molecule has 0 fully saturated rings. The van der Waals surface area contributed by atoms with Crippen molar-refractivity contribution in [2.45, 2.75) is 6.92 Å². The maximum Gasteiger partial charge on any atom is 0.296 e. The summed E-state index contributed by atoms with van der Waals surface area (Å²) in [4.78, 5) is 23.3. The van der Waals surface area contributed by atoms with Crippen molar-refractivity contribution in [2.75, 3.05) is 5.32 Å². The van der Waals surface area contributed by atoms with Gasteiger partial charge in [-0.3, -0.25) is 9.59 Å². The van der Waals surface area contributed by atoms with E-state index in [2.05, 4.69) is 5.32 Å². The first-order valence-corrected chi connectivity index (χ1v) is 6.05. The lowest BCUT2D eigenvalue weighted by molar-refractivity contribution is -0.112. The standard InChI is InChI=1S/C13H11NO2S/c1-9-2-4-11(5-3-9)14-13(16)12(15)10-6-7-17-8-10/h2-8H,1H3,(H,14,16). The summed E-state index contributed by atoms with van der Waals surface area (Å²) in [6.07, 6.45) is 0. The SMILES string of the molecule is Cc1ccc(NC(=O)C(=O)c2ccsc2)cc1. The Morgan fingerprint density at radius 3 is 2.41 bits per heavy atom. The van der Waals surface area contributed by atoms with E-state index in [-0.39, 0.29) is 0 Å². The molecule has 2 rings (SSSR count). The third kappa shape index (κ3) is 2.79. The molecule has 0 aliphatic rings. The van der Waals surface area contributed by atoms with E-state index in [1.54, 1.807) is 29.0 Å². The lowest BCUT2D eigenvalue weighted by atomic mass is 10.2. The van der Waals surface area contributed by atoms with Gasteiger partial charge in [0, 0.05) is 16.6 Å². The number of aryl methyl sites for hydroxylation is 1. The number of benzene rings is 1. The summed E-state index contributed by atoms with van der Waals surface area (Å²) in [6.45, 7) is 1.96. The van der Waals surface area contributed by atoms with Crippen molar-refractivity contribution in [3.05, 3.63) is 52.2 Å². The number of rotatable bonds is 3. The molecule has 3 nitrogen and oxygen atoms in total. The van der Waals surface area contributed by atoms with E-state index < -0.39 is 11.7 Å². The summed E-state index contributed by atoms with van der Waals surface area (Å²) < 4.78 is 0. The van der Waals surface area contributed by atoms with Crippen LogP contribution in [-0.4, -0.2) is 11.7 Å². The number of thiophene rings is 1. The highest BCUT2D eigenvalue weighted by Crippen LogP contribution is 2.11. The zero-order valence-corrected chi connectivity index (χ0v) is 10.1. The molecule has 0 spiro atoms. The molecule has 0 atom stereocenters. The van der Waals surface area contributed by atoms with Gasteiger partial charge in [-0.2, -0.15) is 11.3 Å². The molecule has 1 amide bonds. The molecular formula is C13H11NO2S. The van der Waals surface area contributed by atoms with Crippen LogP contribution in [-0.2, 0) is 4.79 Å². The fraction of sp³-hybridized carbons (Fsp3) is 0.0769. The minimum atomic E-state index is -0.604. The number of amides is 1. The van der Waals surface area contributed by atoms with E-state index in [4.69, 9.17) is 0 Å². The fourth-order valence-electron chi connectivity index (χ4n) is 1.35. The van der Waals surface area contributed by atoms with E-state index in [1.165, 1.54) is 11.3 Å². The maximum absolute atomic E-state index is 11.7. The number of ketones is 1. The summed E-state index contributed by atoms with van der Waals surface area (Å²) >= 11 is 1.39. The molecule has 1 aromatic heterocycles. The van der Waals surface area contributed by atoms with Crippen LogP contribution < -0.4 is 5.32 Å². The summed E-state index contributed by atoms with van der Waals surface area (Å²) in [6, 6.07) is 8.94. The van der Waals surface area contributed by atoms with Gasteiger partial charge in [-0.15, -0.1) is 0 Å². The zero-order valence-electron chi connectivity index (χ0n) is 9.27. The quantitative estimate of drug-likeness (QED) is 0.667. The second kappa shape index (κ2) is 4.93. The van der Waals surface area contributed by atoms with Gasteiger partial charge in [0.25, 0.3) is 11.7 Å². The normalized spacial score (nSPS) is 9.94. The number of anilines is 1. The second-order valence-corrected chi connectivity index (χ2v) is 4.44. The van der Waals surface area contributed by atoms with Crippen LogP contribution in [0.15, 0.2) is 41.1 Å². The Morgan fingerprint density at radius 2 is 1.82 bits per heavy atom. The van der Waals surface area contributed by atoms with E-state index in [0.717, 1.165) is 5.56 Å². The molecule has 0 saturated carbocycles. The lowest BCUT2D eigenvalue weighted by Crippen LogP contribution is -2.22. The van der Waals surface area contributed by atoms with Gasteiger partial charge in [0.05, 0.1) is 0 Å². The summed E-state index contributed by atoms with van der Waals surface area (Å²) in [5, 5.41) is 6.01. The molecule has 1 aromatic carbocycles. The molecule has 86 valence electrons. The van der Waals surface area contributed by atoms with Crippen molar-refractivity contribution in [3.63, 3.8) is 0 Å². The van der Waals surface area contributed by atoms with E-state index >= 15 is 0 Å². The van der Waals surface area contributed by atoms with Crippen LogP contribution in [0.4, 0.5) is 5.69 Å². The van der Waals surface area contributed by atoms with Crippen molar-refractivity contribution in [1.82, 2.24) is 0 Å². The summed E-state index contributed by atoms with van der Waals surface area (Å²) in [7, 11) is 0. The molecule has 0 radical (unpaired) electrons. The number of carbonyl (C=O) groups is 2. The highest BCUT2D eigenvalue weighted by Gasteiger charge is 2.16. The van der Waals surface area contributed by atoms with Crippen molar-refractivity contribution in [2.24, 2.45) is 0 Å². The van der Waals surface area contributed by atoms with Crippen molar-refractivity contribution >= 4 is 28.7 Å². The van der Waals surface area contributed by atoms with Gasteiger partial charge in [0.15, 0.2) is 0 Å². The topological polar surface area (TPSA) is 46.2 Å². The average molecular weight is 245 g/mol. The molecular weight excluding hydrogens is 234 g/mol. The fourth-order valence-corrected chi connectivity index (χ4v) is 1.99. The Morgan fingerprint density at radius 1 is 1.12 bits per heavy atom. The predicted molar refractivity (Wildman–Crippen MR) is 68.5 cm³/mol. The molecule has 0 bridgehead atoms. The lowest BCUT2D eigenvalue weighted by Gasteiger charge is -2.03. The molecule has 17 heavy (non-hydrogen) atoms. The number of nitrogens with one attached hydrogen (secondary N) is 1. The monoisotopic (exact) mass is 245 g/mol. The molecule has 0 aliphatic heterocycles. The van der Waals surface area contributed by atoms with Crippen LogP contribution in [0.1, 0.15) is 15.9 Å². The number of carbonyl (C=O) groups excluding carboxylic acids is 2. The van der Waals surface area contributed by atoms with Gasteiger partial charge in [-0.05, 0) is 30.5 Å². The molecule has 1 N–H and O–H groups in total. The first-order chi connectivity index (χ1) is 8.16. The second-order valence-electron chi connectivity index (χ2n) is 3.66. The van der Waals surface area contributed by atoms with Crippen LogP contribution in [0.5, 0.6) is 0 Å². The van der Waals surface area contributed by atoms with Gasteiger partial charge in [-0.25, -0.2) is 0 Å². The van der Waals surface area contributed by atoms with Gasteiger partial charge in [0.1, 0.15) is 0 Å². The van der Waals surface area contributed by atoms with E-state index in [0.29, 0.717) is 11.3 Å². The number of hydrogen-bond acceptors (Lipinski definition) is 3.